The van der Waals surface area contributed by atoms with Gasteiger partial charge in [-0.15, -0.1) is 11.3 Å². The van der Waals surface area contributed by atoms with Gasteiger partial charge in [-0.3, -0.25) is 9.52 Å². The first-order valence-corrected chi connectivity index (χ1v) is 13.6. The van der Waals surface area contributed by atoms with Gasteiger partial charge in [0, 0.05) is 28.2 Å². The average Bonchev–Trinajstić information content (AvgIpc) is 3.40. The van der Waals surface area contributed by atoms with Gasteiger partial charge in [-0.1, -0.05) is 49.4 Å². The normalized spacial score (nSPS) is 11.4. The Hall–Kier alpha value is -4.08. The van der Waals surface area contributed by atoms with E-state index in [2.05, 4.69) is 34.1 Å². The lowest BCUT2D eigenvalue weighted by Gasteiger charge is -2.12. The molecule has 0 atom stereocenters. The van der Waals surface area contributed by atoms with Crippen molar-refractivity contribution in [3.63, 3.8) is 0 Å². The molecule has 3 aromatic carbocycles. The number of rotatable bonds is 7. The zero-order valence-corrected chi connectivity index (χ0v) is 20.9. The summed E-state index contributed by atoms with van der Waals surface area (Å²) in [5, 5.41) is 5.59. The number of nitrogens with zero attached hydrogens (tertiary/aromatic N) is 2. The number of nitrogens with one attached hydrogen (secondary N) is 2. The molecule has 0 spiro atoms. The average molecular weight is 515 g/mol. The number of hydrogen-bond donors (Lipinski definition) is 2. The van der Waals surface area contributed by atoms with E-state index in [0.29, 0.717) is 16.9 Å². The summed E-state index contributed by atoms with van der Waals surface area (Å²) in [5.74, 6) is -0.309. The van der Waals surface area contributed by atoms with E-state index in [-0.39, 0.29) is 15.9 Å². The molecule has 2 N–H and O–H groups in total. The first-order valence-electron chi connectivity index (χ1n) is 11.3. The Balaban J connectivity index is 1.42. The van der Waals surface area contributed by atoms with Gasteiger partial charge in [0.05, 0.1) is 21.7 Å². The van der Waals surface area contributed by atoms with Crippen LogP contribution >= 0.6 is 11.3 Å². The lowest BCUT2D eigenvalue weighted by Crippen LogP contribution is -2.14. The standard InChI is InChI=1S/C27H22N4O3S2/c1-2-18-7-9-19(10-8-18)25-17-23(22-5-3-4-6-24(22)30-25)26(32)29-20-11-13-21(14-12-20)36(33,34)31-27-28-15-16-35-27/h3-17H,2H2,1H3,(H,28,31)(H,29,32). The minimum atomic E-state index is -3.77. The zero-order chi connectivity index (χ0) is 25.1. The minimum Gasteiger partial charge on any atom is -0.322 e. The molecule has 0 unspecified atom stereocenters. The van der Waals surface area contributed by atoms with Crippen molar-refractivity contribution in [3.05, 3.63) is 102 Å². The van der Waals surface area contributed by atoms with Gasteiger partial charge in [0.15, 0.2) is 5.13 Å². The number of thiazole rings is 1. The molecule has 5 rings (SSSR count). The lowest BCUT2D eigenvalue weighted by atomic mass is 10.0. The number of anilines is 2. The highest BCUT2D eigenvalue weighted by molar-refractivity contribution is 7.93. The molecule has 0 aliphatic carbocycles. The first kappa shape index (κ1) is 23.7. The van der Waals surface area contributed by atoms with Gasteiger partial charge in [0.1, 0.15) is 0 Å². The molecule has 36 heavy (non-hydrogen) atoms. The SMILES string of the molecule is CCc1ccc(-c2cc(C(=O)Nc3ccc(S(=O)(=O)Nc4nccs4)cc3)c3ccccc3n2)cc1. The number of carbonyl (C=O) groups excluding carboxylic acids is 1. The summed E-state index contributed by atoms with van der Waals surface area (Å²) in [6.07, 6.45) is 2.47. The maximum absolute atomic E-state index is 13.3. The number of hydrogen-bond acceptors (Lipinski definition) is 6. The maximum Gasteiger partial charge on any atom is 0.263 e. The van der Waals surface area contributed by atoms with Crippen LogP contribution in [0.5, 0.6) is 0 Å². The second kappa shape index (κ2) is 9.88. The van der Waals surface area contributed by atoms with Gasteiger partial charge < -0.3 is 5.32 Å². The number of para-hydroxylation sites is 1. The number of aromatic nitrogens is 2. The molecule has 0 aliphatic rings. The molecule has 180 valence electrons. The molecule has 7 nitrogen and oxygen atoms in total. The van der Waals surface area contributed by atoms with Crippen LogP contribution in [0.4, 0.5) is 10.8 Å². The van der Waals surface area contributed by atoms with Gasteiger partial charge in [-0.2, -0.15) is 0 Å². The first-order chi connectivity index (χ1) is 17.4. The number of amides is 1. The van der Waals surface area contributed by atoms with E-state index in [4.69, 9.17) is 4.98 Å². The summed E-state index contributed by atoms with van der Waals surface area (Å²) < 4.78 is 27.6. The maximum atomic E-state index is 13.3. The van der Waals surface area contributed by atoms with Crippen LogP contribution in [0.25, 0.3) is 22.2 Å². The van der Waals surface area contributed by atoms with Crippen molar-refractivity contribution in [3.8, 4) is 11.3 Å². The second-order valence-electron chi connectivity index (χ2n) is 8.04. The Morgan fingerprint density at radius 3 is 2.42 bits per heavy atom. The number of aryl methyl sites for hydroxylation is 1. The van der Waals surface area contributed by atoms with Crippen LogP contribution in [0.3, 0.4) is 0 Å². The Bertz CT molecular complexity index is 1630. The van der Waals surface area contributed by atoms with Crippen molar-refractivity contribution in [2.45, 2.75) is 18.2 Å². The molecule has 0 bridgehead atoms. The van der Waals surface area contributed by atoms with Crippen LogP contribution in [0.2, 0.25) is 0 Å². The van der Waals surface area contributed by atoms with Crippen LogP contribution in [0, 0.1) is 0 Å². The largest absolute Gasteiger partial charge is 0.322 e. The summed E-state index contributed by atoms with van der Waals surface area (Å²) >= 11 is 1.19. The molecule has 1 amide bonds. The Labute approximate surface area is 212 Å². The van der Waals surface area contributed by atoms with Crippen LogP contribution < -0.4 is 10.0 Å². The highest BCUT2D eigenvalue weighted by Gasteiger charge is 2.17. The van der Waals surface area contributed by atoms with E-state index in [1.807, 2.05) is 36.4 Å². The van der Waals surface area contributed by atoms with E-state index in [1.54, 1.807) is 23.6 Å². The molecule has 0 aliphatic heterocycles. The third-order valence-corrected chi connectivity index (χ3v) is 7.87. The quantitative estimate of drug-likeness (QED) is 0.278. The van der Waals surface area contributed by atoms with Crippen molar-refractivity contribution in [2.75, 3.05) is 10.0 Å². The Morgan fingerprint density at radius 2 is 1.72 bits per heavy atom. The van der Waals surface area contributed by atoms with E-state index < -0.39 is 10.0 Å². The number of fused-ring (bicyclic) bond motifs is 1. The molecule has 0 saturated carbocycles. The van der Waals surface area contributed by atoms with Crippen molar-refractivity contribution in [1.82, 2.24) is 9.97 Å². The van der Waals surface area contributed by atoms with Crippen LogP contribution in [-0.2, 0) is 16.4 Å². The van der Waals surface area contributed by atoms with Crippen molar-refractivity contribution in [2.24, 2.45) is 0 Å². The fourth-order valence-electron chi connectivity index (χ4n) is 3.79. The summed E-state index contributed by atoms with van der Waals surface area (Å²) in [6.45, 7) is 2.10. The Kier molecular flexibility index (Phi) is 6.49. The third kappa shape index (κ3) is 4.98. The third-order valence-electron chi connectivity index (χ3n) is 5.70. The number of pyridine rings is 1. The molecule has 5 aromatic rings. The molecule has 2 heterocycles. The van der Waals surface area contributed by atoms with Gasteiger partial charge in [-0.25, -0.2) is 18.4 Å². The second-order valence-corrected chi connectivity index (χ2v) is 10.6. The molecular formula is C27H22N4O3S2. The fraction of sp³-hybridized carbons (Fsp3) is 0.0741. The molecular weight excluding hydrogens is 492 g/mol. The number of sulfonamides is 1. The van der Waals surface area contributed by atoms with Crippen molar-refractivity contribution >= 4 is 49.0 Å². The zero-order valence-electron chi connectivity index (χ0n) is 19.3. The number of carbonyl (C=O) groups is 1. The van der Waals surface area contributed by atoms with Gasteiger partial charge >= 0.3 is 0 Å². The van der Waals surface area contributed by atoms with E-state index in [0.717, 1.165) is 22.9 Å². The predicted molar refractivity (Wildman–Crippen MR) is 144 cm³/mol. The molecule has 9 heteroatoms. The fourth-order valence-corrected chi connectivity index (χ4v) is 5.57. The topological polar surface area (TPSA) is 101 Å². The minimum absolute atomic E-state index is 0.0721. The van der Waals surface area contributed by atoms with Gasteiger partial charge in [0.2, 0.25) is 0 Å². The summed E-state index contributed by atoms with van der Waals surface area (Å²) in [5.41, 5.74) is 4.53. The van der Waals surface area contributed by atoms with Gasteiger partial charge in [0.25, 0.3) is 15.9 Å². The smallest absolute Gasteiger partial charge is 0.263 e. The monoisotopic (exact) mass is 514 g/mol. The Morgan fingerprint density at radius 1 is 0.972 bits per heavy atom. The van der Waals surface area contributed by atoms with Crippen molar-refractivity contribution < 1.29 is 13.2 Å². The van der Waals surface area contributed by atoms with Crippen molar-refractivity contribution in [1.29, 1.82) is 0 Å². The van der Waals surface area contributed by atoms with Crippen LogP contribution in [0.15, 0.2) is 95.3 Å². The van der Waals surface area contributed by atoms with E-state index >= 15 is 0 Å². The molecule has 0 radical (unpaired) electrons. The predicted octanol–water partition coefficient (Wildman–Crippen LogP) is 5.97. The number of benzene rings is 3. The molecule has 2 aromatic heterocycles. The highest BCUT2D eigenvalue weighted by atomic mass is 32.2. The van der Waals surface area contributed by atoms with Crippen LogP contribution in [0.1, 0.15) is 22.8 Å². The highest BCUT2D eigenvalue weighted by Crippen LogP contribution is 2.26. The van der Waals surface area contributed by atoms with Crippen LogP contribution in [-0.4, -0.2) is 24.3 Å². The lowest BCUT2D eigenvalue weighted by molar-refractivity contribution is 0.102. The van der Waals surface area contributed by atoms with E-state index in [1.165, 1.54) is 35.2 Å². The molecule has 0 fully saturated rings. The summed E-state index contributed by atoms with van der Waals surface area (Å²) in [7, 11) is -3.77. The van der Waals surface area contributed by atoms with Gasteiger partial charge in [-0.05, 0) is 48.4 Å². The summed E-state index contributed by atoms with van der Waals surface area (Å²) in [6, 6.07) is 23.4. The van der Waals surface area contributed by atoms with E-state index in [9.17, 15) is 13.2 Å². The molecule has 0 saturated heterocycles. The summed E-state index contributed by atoms with van der Waals surface area (Å²) in [4.78, 5) is 22.1.